The molecular formula is C20H23N5O2. The van der Waals surface area contributed by atoms with E-state index in [1.807, 2.05) is 35.9 Å². The van der Waals surface area contributed by atoms with Crippen molar-refractivity contribution in [2.45, 2.75) is 25.4 Å². The lowest BCUT2D eigenvalue weighted by Crippen LogP contribution is -2.28. The summed E-state index contributed by atoms with van der Waals surface area (Å²) in [7, 11) is 1.66. The summed E-state index contributed by atoms with van der Waals surface area (Å²) >= 11 is 0. The molecule has 0 fully saturated rings. The van der Waals surface area contributed by atoms with Crippen LogP contribution in [-0.2, 0) is 0 Å². The number of hydrogen-bond donors (Lipinski definition) is 2. The smallest absolute Gasteiger partial charge is 0.241 e. The molecule has 2 aromatic carbocycles. The summed E-state index contributed by atoms with van der Waals surface area (Å²) < 4.78 is 12.7. The maximum absolute atomic E-state index is 5.86. The number of hydrogen-bond acceptors (Lipinski definition) is 6. The van der Waals surface area contributed by atoms with Crippen molar-refractivity contribution in [3.63, 3.8) is 0 Å². The molecule has 2 unspecified atom stereocenters. The third-order valence-corrected chi connectivity index (χ3v) is 4.80. The van der Waals surface area contributed by atoms with Crippen LogP contribution in [0.3, 0.4) is 0 Å². The Morgan fingerprint density at radius 3 is 2.41 bits per heavy atom. The molecule has 0 radical (unpaired) electrons. The molecule has 7 heteroatoms. The molecule has 0 spiro atoms. The largest absolute Gasteiger partial charge is 0.497 e. The van der Waals surface area contributed by atoms with Crippen LogP contribution in [0, 0.1) is 0 Å². The number of anilines is 2. The van der Waals surface area contributed by atoms with E-state index >= 15 is 0 Å². The molecule has 3 N–H and O–H groups in total. The Morgan fingerprint density at radius 1 is 1.07 bits per heavy atom. The first-order valence-corrected chi connectivity index (χ1v) is 9.03. The van der Waals surface area contributed by atoms with Gasteiger partial charge < -0.3 is 20.5 Å². The molecule has 1 aliphatic rings. The second-order valence-electron chi connectivity index (χ2n) is 6.46. The molecule has 1 aromatic heterocycles. The van der Waals surface area contributed by atoms with Gasteiger partial charge in [0.05, 0.1) is 25.8 Å². The minimum atomic E-state index is 0.0357. The van der Waals surface area contributed by atoms with Gasteiger partial charge in [-0.1, -0.05) is 24.3 Å². The number of fused-ring (bicyclic) bond motifs is 1. The number of rotatable bonds is 5. The van der Waals surface area contributed by atoms with Crippen molar-refractivity contribution < 1.29 is 9.47 Å². The molecule has 3 aromatic rings. The summed E-state index contributed by atoms with van der Waals surface area (Å²) in [5, 5.41) is 7.84. The van der Waals surface area contributed by atoms with Crippen LogP contribution in [0.1, 0.15) is 36.6 Å². The summed E-state index contributed by atoms with van der Waals surface area (Å²) in [5.41, 5.74) is 8.17. The molecule has 1 aliphatic heterocycles. The molecule has 4 rings (SSSR count). The Hall–Kier alpha value is -3.22. The van der Waals surface area contributed by atoms with Gasteiger partial charge in [0, 0.05) is 0 Å². The van der Waals surface area contributed by atoms with Crippen molar-refractivity contribution in [1.82, 2.24) is 14.8 Å². The lowest BCUT2D eigenvalue weighted by molar-refractivity contribution is 0.340. The molecule has 2 heterocycles. The molecule has 2 atom stereocenters. The fraction of sp³-hybridized carbons (Fsp3) is 0.300. The lowest BCUT2D eigenvalue weighted by Gasteiger charge is -2.31. The van der Waals surface area contributed by atoms with Crippen molar-refractivity contribution in [1.29, 1.82) is 0 Å². The van der Waals surface area contributed by atoms with Gasteiger partial charge in [0.1, 0.15) is 11.5 Å². The Balaban J connectivity index is 1.66. The zero-order valence-electron chi connectivity index (χ0n) is 15.4. The van der Waals surface area contributed by atoms with E-state index in [0.29, 0.717) is 12.6 Å². The van der Waals surface area contributed by atoms with E-state index in [1.54, 1.807) is 7.11 Å². The van der Waals surface area contributed by atoms with Gasteiger partial charge in [-0.25, -0.2) is 4.68 Å². The molecule has 7 nitrogen and oxygen atoms in total. The molecule has 0 bridgehead atoms. The second kappa shape index (κ2) is 7.19. The summed E-state index contributed by atoms with van der Waals surface area (Å²) in [6.45, 7) is 2.64. The van der Waals surface area contributed by atoms with Gasteiger partial charge in [0.25, 0.3) is 0 Å². The number of nitrogen functional groups attached to an aromatic ring is 1. The van der Waals surface area contributed by atoms with E-state index in [-0.39, 0.29) is 18.0 Å². The van der Waals surface area contributed by atoms with E-state index in [9.17, 15) is 0 Å². The Morgan fingerprint density at radius 2 is 1.74 bits per heavy atom. The number of methoxy groups -OCH3 is 1. The predicted octanol–water partition coefficient (Wildman–Crippen LogP) is 3.41. The molecule has 0 aliphatic carbocycles. The van der Waals surface area contributed by atoms with E-state index < -0.39 is 0 Å². The van der Waals surface area contributed by atoms with Crippen LogP contribution >= 0.6 is 0 Å². The molecule has 27 heavy (non-hydrogen) atoms. The lowest BCUT2D eigenvalue weighted by atomic mass is 9.93. The Labute approximate surface area is 158 Å². The van der Waals surface area contributed by atoms with Crippen LogP contribution in [0.4, 0.5) is 11.9 Å². The molecule has 0 saturated carbocycles. The fourth-order valence-corrected chi connectivity index (χ4v) is 3.48. The van der Waals surface area contributed by atoms with E-state index in [0.717, 1.165) is 23.5 Å². The number of nitrogens with zero attached hydrogens (tertiary/aromatic N) is 3. The van der Waals surface area contributed by atoms with E-state index in [1.165, 1.54) is 5.56 Å². The van der Waals surface area contributed by atoms with Gasteiger partial charge in [0.2, 0.25) is 11.9 Å². The van der Waals surface area contributed by atoms with Crippen LogP contribution in [0.25, 0.3) is 0 Å². The van der Waals surface area contributed by atoms with Crippen LogP contribution in [0.2, 0.25) is 0 Å². The van der Waals surface area contributed by atoms with Crippen LogP contribution in [0.15, 0.2) is 48.5 Å². The van der Waals surface area contributed by atoms with Crippen molar-refractivity contribution in [2.24, 2.45) is 0 Å². The molecule has 0 saturated heterocycles. The standard InChI is InChI=1S/C20H23N5O2/c1-3-27-16-10-4-13(5-11-16)17-12-18(14-6-8-15(26-2)9-7-14)25-20(22-17)23-19(21)24-25/h4-11,17-18H,3,12H2,1-2H3,(H3,21,22,23,24). The van der Waals surface area contributed by atoms with Crippen LogP contribution < -0.4 is 20.5 Å². The van der Waals surface area contributed by atoms with Crippen LogP contribution in [-0.4, -0.2) is 28.5 Å². The first-order valence-electron chi connectivity index (χ1n) is 9.03. The predicted molar refractivity (Wildman–Crippen MR) is 104 cm³/mol. The van der Waals surface area contributed by atoms with Gasteiger partial charge in [-0.15, -0.1) is 5.10 Å². The highest BCUT2D eigenvalue weighted by molar-refractivity contribution is 5.43. The van der Waals surface area contributed by atoms with Crippen molar-refractivity contribution >= 4 is 11.9 Å². The maximum atomic E-state index is 5.86. The van der Waals surface area contributed by atoms with Gasteiger partial charge in [-0.05, 0) is 48.7 Å². The average Bonchev–Trinajstić information content (AvgIpc) is 3.08. The average molecular weight is 365 g/mol. The highest BCUT2D eigenvalue weighted by atomic mass is 16.5. The SMILES string of the molecule is CCOc1ccc(C2CC(c3ccc(OC)cc3)n3nc(N)nc3N2)cc1. The summed E-state index contributed by atoms with van der Waals surface area (Å²) in [6.07, 6.45) is 0.829. The van der Waals surface area contributed by atoms with E-state index in [4.69, 9.17) is 15.2 Å². The summed E-state index contributed by atoms with van der Waals surface area (Å²) in [4.78, 5) is 4.35. The number of ether oxygens (including phenoxy) is 2. The quantitative estimate of drug-likeness (QED) is 0.720. The molecule has 140 valence electrons. The fourth-order valence-electron chi connectivity index (χ4n) is 3.48. The number of aromatic nitrogens is 3. The normalized spacial score (nSPS) is 18.4. The van der Waals surface area contributed by atoms with Crippen LogP contribution in [0.5, 0.6) is 11.5 Å². The molecular weight excluding hydrogens is 342 g/mol. The van der Waals surface area contributed by atoms with Gasteiger partial charge >= 0.3 is 0 Å². The number of benzene rings is 2. The second-order valence-corrected chi connectivity index (χ2v) is 6.46. The highest BCUT2D eigenvalue weighted by Crippen LogP contribution is 2.38. The molecule has 0 amide bonds. The monoisotopic (exact) mass is 365 g/mol. The Bertz CT molecular complexity index is 905. The van der Waals surface area contributed by atoms with Gasteiger partial charge in [-0.2, -0.15) is 4.98 Å². The first-order chi connectivity index (χ1) is 13.2. The van der Waals surface area contributed by atoms with Gasteiger partial charge in [0.15, 0.2) is 0 Å². The summed E-state index contributed by atoms with van der Waals surface area (Å²) in [5.74, 6) is 2.65. The minimum Gasteiger partial charge on any atom is -0.497 e. The third-order valence-electron chi connectivity index (χ3n) is 4.80. The number of nitrogens with two attached hydrogens (primary N) is 1. The maximum Gasteiger partial charge on any atom is 0.241 e. The van der Waals surface area contributed by atoms with Gasteiger partial charge in [-0.3, -0.25) is 0 Å². The first kappa shape index (κ1) is 17.2. The number of nitrogens with one attached hydrogen (secondary N) is 1. The van der Waals surface area contributed by atoms with Crippen molar-refractivity contribution in [3.05, 3.63) is 59.7 Å². The zero-order valence-corrected chi connectivity index (χ0v) is 15.4. The van der Waals surface area contributed by atoms with Crippen molar-refractivity contribution in [3.8, 4) is 11.5 Å². The topological polar surface area (TPSA) is 87.2 Å². The Kier molecular flexibility index (Phi) is 4.58. The summed E-state index contributed by atoms with van der Waals surface area (Å²) in [6, 6.07) is 16.3. The zero-order chi connectivity index (χ0) is 18.8. The highest BCUT2D eigenvalue weighted by Gasteiger charge is 2.30. The minimum absolute atomic E-state index is 0.0357. The van der Waals surface area contributed by atoms with E-state index in [2.05, 4.69) is 39.7 Å². The third kappa shape index (κ3) is 3.40. The van der Waals surface area contributed by atoms with Crippen molar-refractivity contribution in [2.75, 3.05) is 24.8 Å².